The van der Waals surface area contributed by atoms with Gasteiger partial charge in [-0.05, 0) is 88.3 Å². The third-order valence-corrected chi connectivity index (χ3v) is 12.1. The molecular formula is C36H45ClN6O7S. The Kier molecular flexibility index (Phi) is 10.8. The fourth-order valence-electron chi connectivity index (χ4n) is 7.39. The normalized spacial score (nSPS) is 20.7. The lowest BCUT2D eigenvalue weighted by molar-refractivity contribution is -0.137. The molecule has 1 unspecified atom stereocenters. The number of fused-ring (bicyclic) bond motifs is 1. The van der Waals surface area contributed by atoms with Gasteiger partial charge in [0.1, 0.15) is 16.4 Å². The lowest BCUT2D eigenvalue weighted by atomic mass is 9.74. The van der Waals surface area contributed by atoms with Crippen molar-refractivity contribution in [2.75, 3.05) is 70.9 Å². The van der Waals surface area contributed by atoms with E-state index in [1.54, 1.807) is 31.1 Å². The zero-order valence-corrected chi connectivity index (χ0v) is 31.2. The molecule has 3 aromatic rings. The van der Waals surface area contributed by atoms with E-state index in [-0.39, 0.29) is 45.0 Å². The van der Waals surface area contributed by atoms with E-state index in [4.69, 9.17) is 25.8 Å². The SMILES string of the molecule is CCOc1ncc(C)cc1C1(C(=O)NN2CCN(C3CCN(CC)CC3)CC2)C(=O)N(S(=O)(=O)c2ccc(OC)cc2OC)c2ccc(Cl)cc21. The van der Waals surface area contributed by atoms with Gasteiger partial charge < -0.3 is 19.1 Å². The van der Waals surface area contributed by atoms with Crippen LogP contribution in [0.1, 0.15) is 43.4 Å². The molecule has 6 rings (SSSR count). The molecule has 1 atom stereocenters. The minimum absolute atomic E-state index is 0.0235. The first-order chi connectivity index (χ1) is 24.5. The van der Waals surface area contributed by atoms with Crippen molar-refractivity contribution in [2.45, 2.75) is 50.0 Å². The molecule has 0 spiro atoms. The number of rotatable bonds is 11. The standard InChI is InChI=1S/C36H45ClN6O7S/c1-6-40-14-12-26(13-15-40)41-16-18-42(19-17-41)39-34(44)36(29-20-24(3)23-38-33(29)50-7-2)28-21-25(37)8-10-30(28)43(35(36)45)51(46,47)32-11-9-27(48-4)22-31(32)49-5/h8-11,20-23,26H,6-7,12-19H2,1-5H3,(H,39,44). The van der Waals surface area contributed by atoms with Gasteiger partial charge in [-0.25, -0.2) is 22.7 Å². The smallest absolute Gasteiger partial charge is 0.274 e. The molecule has 1 aromatic heterocycles. The maximum Gasteiger partial charge on any atom is 0.274 e. The number of nitrogens with zero attached hydrogens (tertiary/aromatic N) is 5. The van der Waals surface area contributed by atoms with E-state index < -0.39 is 27.3 Å². The molecule has 3 aliphatic heterocycles. The number of ether oxygens (including phenoxy) is 3. The summed E-state index contributed by atoms with van der Waals surface area (Å²) >= 11 is 6.57. The number of hydrogen-bond acceptors (Lipinski definition) is 11. The van der Waals surface area contributed by atoms with E-state index in [0.717, 1.165) is 45.6 Å². The van der Waals surface area contributed by atoms with Crippen molar-refractivity contribution >= 4 is 39.1 Å². The van der Waals surface area contributed by atoms with Gasteiger partial charge in [0.2, 0.25) is 5.88 Å². The molecule has 0 bridgehead atoms. The summed E-state index contributed by atoms with van der Waals surface area (Å²) in [7, 11) is -1.92. The van der Waals surface area contributed by atoms with Gasteiger partial charge in [0.25, 0.3) is 21.8 Å². The largest absolute Gasteiger partial charge is 0.497 e. The third kappa shape index (κ3) is 6.63. The molecule has 274 valence electrons. The number of pyridine rings is 1. The number of methoxy groups -OCH3 is 2. The van der Waals surface area contributed by atoms with Crippen LogP contribution in [0.5, 0.6) is 17.4 Å². The van der Waals surface area contributed by atoms with Crippen LogP contribution in [0.2, 0.25) is 5.02 Å². The fraction of sp³-hybridized carbons (Fsp3) is 0.472. The molecule has 13 nitrogen and oxygen atoms in total. The highest BCUT2D eigenvalue weighted by Gasteiger charge is 2.63. The van der Waals surface area contributed by atoms with Crippen molar-refractivity contribution in [1.29, 1.82) is 0 Å². The highest BCUT2D eigenvalue weighted by Crippen LogP contribution is 2.52. The molecule has 3 aliphatic rings. The number of aryl methyl sites for hydroxylation is 1. The van der Waals surface area contributed by atoms with Gasteiger partial charge in [-0.1, -0.05) is 18.5 Å². The average Bonchev–Trinajstić information content (AvgIpc) is 3.40. The number of benzene rings is 2. The van der Waals surface area contributed by atoms with Gasteiger partial charge in [0.05, 0.1) is 26.5 Å². The quantitative estimate of drug-likeness (QED) is 0.289. The second-order valence-electron chi connectivity index (χ2n) is 12.9. The summed E-state index contributed by atoms with van der Waals surface area (Å²) in [5.41, 5.74) is 1.58. The van der Waals surface area contributed by atoms with E-state index in [9.17, 15) is 8.42 Å². The van der Waals surface area contributed by atoms with Crippen LogP contribution in [-0.4, -0.2) is 113 Å². The number of aromatic nitrogens is 1. The molecule has 2 fully saturated rings. The first-order valence-corrected chi connectivity index (χ1v) is 19.1. The van der Waals surface area contributed by atoms with Crippen LogP contribution in [0.4, 0.5) is 5.69 Å². The number of carbonyl (C=O) groups is 2. The van der Waals surface area contributed by atoms with Crippen LogP contribution in [-0.2, 0) is 25.0 Å². The van der Waals surface area contributed by atoms with E-state index >= 15 is 9.59 Å². The van der Waals surface area contributed by atoms with Crippen LogP contribution >= 0.6 is 11.6 Å². The number of nitrogens with one attached hydrogen (secondary N) is 1. The Morgan fingerprint density at radius 2 is 1.71 bits per heavy atom. The Labute approximate surface area is 304 Å². The van der Waals surface area contributed by atoms with Crippen molar-refractivity contribution < 1.29 is 32.2 Å². The van der Waals surface area contributed by atoms with Crippen molar-refractivity contribution in [2.24, 2.45) is 0 Å². The molecule has 15 heteroatoms. The second-order valence-corrected chi connectivity index (χ2v) is 15.1. The third-order valence-electron chi connectivity index (χ3n) is 10.1. The summed E-state index contributed by atoms with van der Waals surface area (Å²) in [6.45, 7) is 11.6. The van der Waals surface area contributed by atoms with E-state index in [1.165, 1.54) is 50.6 Å². The highest BCUT2D eigenvalue weighted by atomic mass is 35.5. The summed E-state index contributed by atoms with van der Waals surface area (Å²) in [6, 6.07) is 10.7. The summed E-state index contributed by atoms with van der Waals surface area (Å²) in [6.07, 6.45) is 3.76. The molecule has 2 saturated heterocycles. The van der Waals surface area contributed by atoms with Crippen LogP contribution in [0, 0.1) is 6.92 Å². The van der Waals surface area contributed by atoms with Crippen LogP contribution < -0.4 is 23.9 Å². The van der Waals surface area contributed by atoms with Gasteiger partial charge in [0, 0.05) is 60.6 Å². The highest BCUT2D eigenvalue weighted by molar-refractivity contribution is 7.93. The number of halogens is 1. The molecule has 2 amide bonds. The lowest BCUT2D eigenvalue weighted by Gasteiger charge is -2.43. The van der Waals surface area contributed by atoms with Crippen molar-refractivity contribution in [3.63, 3.8) is 0 Å². The summed E-state index contributed by atoms with van der Waals surface area (Å²) in [4.78, 5) is 39.4. The average molecular weight is 741 g/mol. The molecule has 51 heavy (non-hydrogen) atoms. The molecule has 0 saturated carbocycles. The maximum absolute atomic E-state index is 15.3. The molecule has 2 aromatic carbocycles. The number of piperazine rings is 1. The number of hydrazine groups is 1. The first-order valence-electron chi connectivity index (χ1n) is 17.2. The molecule has 0 aliphatic carbocycles. The van der Waals surface area contributed by atoms with Crippen molar-refractivity contribution in [1.82, 2.24) is 25.2 Å². The fourth-order valence-corrected chi connectivity index (χ4v) is 9.17. The summed E-state index contributed by atoms with van der Waals surface area (Å²) in [5, 5.41) is 2.01. The zero-order chi connectivity index (χ0) is 36.5. The molecular weight excluding hydrogens is 696 g/mol. The number of likely N-dealkylation sites (tertiary alicyclic amines) is 1. The van der Waals surface area contributed by atoms with Crippen molar-refractivity contribution in [3.8, 4) is 17.4 Å². The number of piperidine rings is 1. The van der Waals surface area contributed by atoms with Crippen molar-refractivity contribution in [3.05, 3.63) is 70.4 Å². The molecule has 0 radical (unpaired) electrons. The Hall–Kier alpha value is -3.95. The van der Waals surface area contributed by atoms with Gasteiger partial charge >= 0.3 is 0 Å². The van der Waals surface area contributed by atoms with Crippen LogP contribution in [0.15, 0.2) is 53.6 Å². The summed E-state index contributed by atoms with van der Waals surface area (Å²) in [5.74, 6) is -1.41. The van der Waals surface area contributed by atoms with Gasteiger partial charge in [-0.15, -0.1) is 0 Å². The number of amides is 2. The molecule has 4 heterocycles. The summed E-state index contributed by atoms with van der Waals surface area (Å²) < 4.78 is 46.6. The Morgan fingerprint density at radius 3 is 2.35 bits per heavy atom. The minimum Gasteiger partial charge on any atom is -0.497 e. The van der Waals surface area contributed by atoms with Gasteiger partial charge in [-0.2, -0.15) is 0 Å². The number of sulfonamides is 1. The number of anilines is 1. The topological polar surface area (TPSA) is 134 Å². The Bertz CT molecular complexity index is 1900. The predicted molar refractivity (Wildman–Crippen MR) is 193 cm³/mol. The zero-order valence-electron chi connectivity index (χ0n) is 29.6. The maximum atomic E-state index is 15.3. The monoisotopic (exact) mass is 740 g/mol. The number of hydrogen-bond donors (Lipinski definition) is 1. The van der Waals surface area contributed by atoms with E-state index in [0.29, 0.717) is 34.7 Å². The molecule has 1 N–H and O–H groups in total. The van der Waals surface area contributed by atoms with Crippen LogP contribution in [0.25, 0.3) is 0 Å². The lowest BCUT2D eigenvalue weighted by Crippen LogP contribution is -2.61. The Balaban J connectivity index is 1.43. The van der Waals surface area contributed by atoms with E-state index in [1.807, 2.05) is 0 Å². The van der Waals surface area contributed by atoms with Gasteiger partial charge in [0.15, 0.2) is 5.41 Å². The second kappa shape index (κ2) is 15.0. The van der Waals surface area contributed by atoms with Crippen LogP contribution in [0.3, 0.4) is 0 Å². The minimum atomic E-state index is -4.69. The first kappa shape index (κ1) is 36.8. The number of carbonyl (C=O) groups excluding carboxylic acids is 2. The predicted octanol–water partition coefficient (Wildman–Crippen LogP) is 3.61. The Morgan fingerprint density at radius 1 is 0.980 bits per heavy atom. The van der Waals surface area contributed by atoms with Gasteiger partial charge in [-0.3, -0.25) is 19.9 Å². The van der Waals surface area contributed by atoms with E-state index in [2.05, 4.69) is 27.1 Å².